The van der Waals surface area contributed by atoms with Crippen molar-refractivity contribution in [3.63, 3.8) is 0 Å². The fourth-order valence-corrected chi connectivity index (χ4v) is 1.61. The lowest BCUT2D eigenvalue weighted by Gasteiger charge is -2.05. The molecular weight excluding hydrogens is 252 g/mol. The summed E-state index contributed by atoms with van der Waals surface area (Å²) in [6, 6.07) is 9.18. The Labute approximate surface area is 117 Å². The summed E-state index contributed by atoms with van der Waals surface area (Å²) in [6.45, 7) is 1.76. The number of pyridine rings is 1. The van der Waals surface area contributed by atoms with E-state index in [9.17, 15) is 4.79 Å². The molecule has 1 amide bonds. The number of carbonyl (C=O) groups is 1. The largest absolute Gasteiger partial charge is 0.384 e. The zero-order chi connectivity index (χ0) is 14.4. The van der Waals surface area contributed by atoms with Crippen LogP contribution in [-0.2, 0) is 0 Å². The first kappa shape index (κ1) is 13.8. The van der Waals surface area contributed by atoms with Crippen LogP contribution in [0.5, 0.6) is 0 Å². The number of hydrogen-bond acceptors (Lipinski definition) is 3. The predicted octanol–water partition coefficient (Wildman–Crippen LogP) is 1.99. The number of nitrogens with one attached hydrogen (secondary N) is 1. The molecule has 0 bridgehead atoms. The Balaban J connectivity index is 2.14. The quantitative estimate of drug-likeness (QED) is 0.817. The summed E-state index contributed by atoms with van der Waals surface area (Å²) >= 11 is 0. The maximum atomic E-state index is 12.1. The zero-order valence-corrected chi connectivity index (χ0v) is 11.1. The Morgan fingerprint density at radius 2 is 2.05 bits per heavy atom. The Kier molecular flexibility index (Phi) is 4.48. The third kappa shape index (κ3) is 3.67. The zero-order valence-electron chi connectivity index (χ0n) is 11.1. The predicted molar refractivity (Wildman–Crippen MR) is 77.3 cm³/mol. The molecule has 100 valence electrons. The highest BCUT2D eigenvalue weighted by Crippen LogP contribution is 2.11. The molecule has 4 heteroatoms. The van der Waals surface area contributed by atoms with E-state index in [0.29, 0.717) is 11.1 Å². The van der Waals surface area contributed by atoms with Crippen molar-refractivity contribution >= 4 is 11.6 Å². The van der Waals surface area contributed by atoms with Crippen LogP contribution in [0.2, 0.25) is 0 Å². The van der Waals surface area contributed by atoms with Crippen LogP contribution in [0.3, 0.4) is 0 Å². The normalized spacial score (nSPS) is 9.50. The summed E-state index contributed by atoms with van der Waals surface area (Å²) in [5.41, 5.74) is 2.88. The number of rotatable bonds is 2. The molecule has 2 aromatic rings. The summed E-state index contributed by atoms with van der Waals surface area (Å²) < 4.78 is 0. The molecule has 0 aliphatic heterocycles. The van der Waals surface area contributed by atoms with Gasteiger partial charge in [-0.05, 0) is 25.1 Å². The number of aromatic nitrogens is 1. The van der Waals surface area contributed by atoms with Gasteiger partial charge in [0.1, 0.15) is 6.61 Å². The summed E-state index contributed by atoms with van der Waals surface area (Å²) in [5, 5.41) is 11.4. The average molecular weight is 266 g/mol. The highest BCUT2D eigenvalue weighted by molar-refractivity contribution is 6.04. The molecule has 0 saturated carbocycles. The summed E-state index contributed by atoms with van der Waals surface area (Å²) in [7, 11) is 0. The summed E-state index contributed by atoms with van der Waals surface area (Å²) in [5.74, 6) is 5.00. The third-order valence-corrected chi connectivity index (χ3v) is 2.62. The van der Waals surface area contributed by atoms with E-state index >= 15 is 0 Å². The second kappa shape index (κ2) is 6.50. The van der Waals surface area contributed by atoms with Crippen LogP contribution in [0.15, 0.2) is 42.7 Å². The number of amides is 1. The first-order valence-electron chi connectivity index (χ1n) is 6.12. The lowest BCUT2D eigenvalue weighted by molar-refractivity contribution is 0.102. The maximum absolute atomic E-state index is 12.1. The van der Waals surface area contributed by atoms with E-state index in [0.717, 1.165) is 11.3 Å². The van der Waals surface area contributed by atoms with E-state index in [-0.39, 0.29) is 12.5 Å². The Morgan fingerprint density at radius 1 is 1.30 bits per heavy atom. The van der Waals surface area contributed by atoms with Crippen molar-refractivity contribution in [3.8, 4) is 11.8 Å². The standard InChI is InChI=1S/C16H14N2O2/c1-12-4-6-15(7-5-12)18-16(20)14-9-13(3-2-8-19)10-17-11-14/h4-7,9-11,19H,8H2,1H3,(H,18,20). The minimum Gasteiger partial charge on any atom is -0.384 e. The third-order valence-electron chi connectivity index (χ3n) is 2.62. The SMILES string of the molecule is Cc1ccc(NC(=O)c2cncc(C#CCO)c2)cc1. The highest BCUT2D eigenvalue weighted by atomic mass is 16.2. The molecule has 0 radical (unpaired) electrons. The van der Waals surface area contributed by atoms with Gasteiger partial charge in [-0.2, -0.15) is 0 Å². The molecule has 2 rings (SSSR count). The van der Waals surface area contributed by atoms with Gasteiger partial charge in [-0.25, -0.2) is 0 Å². The molecule has 0 aliphatic rings. The van der Waals surface area contributed by atoms with E-state index in [4.69, 9.17) is 5.11 Å². The van der Waals surface area contributed by atoms with Gasteiger partial charge in [0.25, 0.3) is 5.91 Å². The molecule has 0 atom stereocenters. The van der Waals surface area contributed by atoms with Gasteiger partial charge in [-0.15, -0.1) is 0 Å². The number of nitrogens with zero attached hydrogens (tertiary/aromatic N) is 1. The number of aliphatic hydroxyl groups is 1. The van der Waals surface area contributed by atoms with Crippen LogP contribution in [0.25, 0.3) is 0 Å². The molecule has 2 N–H and O–H groups in total. The Hall–Kier alpha value is -2.64. The molecule has 0 unspecified atom stereocenters. The van der Waals surface area contributed by atoms with E-state index in [1.165, 1.54) is 6.20 Å². The van der Waals surface area contributed by atoms with Gasteiger partial charge in [-0.3, -0.25) is 9.78 Å². The lowest BCUT2D eigenvalue weighted by atomic mass is 10.2. The van der Waals surface area contributed by atoms with Crippen LogP contribution in [0.1, 0.15) is 21.5 Å². The van der Waals surface area contributed by atoms with Gasteiger partial charge < -0.3 is 10.4 Å². The summed E-state index contributed by atoms with van der Waals surface area (Å²) in [4.78, 5) is 16.0. The molecule has 1 heterocycles. The molecule has 20 heavy (non-hydrogen) atoms. The van der Waals surface area contributed by atoms with Crippen molar-refractivity contribution < 1.29 is 9.90 Å². The van der Waals surface area contributed by atoms with Gasteiger partial charge in [0.15, 0.2) is 0 Å². The Morgan fingerprint density at radius 3 is 2.75 bits per heavy atom. The molecule has 4 nitrogen and oxygen atoms in total. The lowest BCUT2D eigenvalue weighted by Crippen LogP contribution is -2.12. The first-order chi connectivity index (χ1) is 9.69. The van der Waals surface area contributed by atoms with Crippen LogP contribution < -0.4 is 5.32 Å². The number of aliphatic hydroxyl groups excluding tert-OH is 1. The van der Waals surface area contributed by atoms with Gasteiger partial charge >= 0.3 is 0 Å². The first-order valence-corrected chi connectivity index (χ1v) is 6.12. The number of hydrogen-bond donors (Lipinski definition) is 2. The molecular formula is C16H14N2O2. The van der Waals surface area contributed by atoms with Crippen LogP contribution in [0.4, 0.5) is 5.69 Å². The minimum atomic E-state index is -0.242. The average Bonchev–Trinajstić information content (AvgIpc) is 2.48. The van der Waals surface area contributed by atoms with Crippen LogP contribution in [0, 0.1) is 18.8 Å². The van der Waals surface area contributed by atoms with Crippen molar-refractivity contribution in [1.29, 1.82) is 0 Å². The summed E-state index contributed by atoms with van der Waals surface area (Å²) in [6.07, 6.45) is 3.03. The monoisotopic (exact) mass is 266 g/mol. The van der Waals surface area contributed by atoms with Crippen LogP contribution >= 0.6 is 0 Å². The minimum absolute atomic E-state index is 0.222. The van der Waals surface area contributed by atoms with Gasteiger partial charge in [0.2, 0.25) is 0 Å². The number of benzene rings is 1. The second-order valence-electron chi connectivity index (χ2n) is 4.24. The molecule has 0 saturated heterocycles. The van der Waals surface area contributed by atoms with Gasteiger partial charge in [0, 0.05) is 23.6 Å². The molecule has 1 aromatic carbocycles. The van der Waals surface area contributed by atoms with E-state index in [1.54, 1.807) is 12.3 Å². The Bertz CT molecular complexity index is 667. The molecule has 0 aliphatic carbocycles. The van der Waals surface area contributed by atoms with E-state index in [2.05, 4.69) is 22.1 Å². The maximum Gasteiger partial charge on any atom is 0.257 e. The number of aryl methyl sites for hydroxylation is 1. The highest BCUT2D eigenvalue weighted by Gasteiger charge is 2.06. The molecule has 1 aromatic heterocycles. The van der Waals surface area contributed by atoms with Crippen molar-refractivity contribution in [1.82, 2.24) is 4.98 Å². The van der Waals surface area contributed by atoms with Gasteiger partial charge in [-0.1, -0.05) is 29.5 Å². The molecule has 0 spiro atoms. The van der Waals surface area contributed by atoms with Crippen LogP contribution in [-0.4, -0.2) is 22.6 Å². The number of anilines is 1. The topological polar surface area (TPSA) is 62.2 Å². The van der Waals surface area contributed by atoms with Crippen molar-refractivity contribution in [3.05, 3.63) is 59.4 Å². The van der Waals surface area contributed by atoms with Gasteiger partial charge in [0.05, 0.1) is 5.56 Å². The smallest absolute Gasteiger partial charge is 0.257 e. The van der Waals surface area contributed by atoms with E-state index in [1.807, 2.05) is 31.2 Å². The molecule has 0 fully saturated rings. The van der Waals surface area contributed by atoms with Crippen molar-refractivity contribution in [2.75, 3.05) is 11.9 Å². The fraction of sp³-hybridized carbons (Fsp3) is 0.125. The van der Waals surface area contributed by atoms with E-state index < -0.39 is 0 Å². The second-order valence-corrected chi connectivity index (χ2v) is 4.24. The van der Waals surface area contributed by atoms with Crippen molar-refractivity contribution in [2.45, 2.75) is 6.92 Å². The van der Waals surface area contributed by atoms with Crippen molar-refractivity contribution in [2.24, 2.45) is 0 Å². The fourth-order valence-electron chi connectivity index (χ4n) is 1.61. The number of carbonyl (C=O) groups excluding carboxylic acids is 1.